The summed E-state index contributed by atoms with van der Waals surface area (Å²) in [6.07, 6.45) is -0.194. The first-order valence-electron chi connectivity index (χ1n) is 2.90. The van der Waals surface area contributed by atoms with E-state index in [0.29, 0.717) is 0 Å². The van der Waals surface area contributed by atoms with Crippen LogP contribution in [0.3, 0.4) is 0 Å². The SMILES string of the molecule is CNC1CNCC1O. The van der Waals surface area contributed by atoms with Crippen LogP contribution in [0.4, 0.5) is 0 Å². The molecule has 1 saturated heterocycles. The molecule has 8 heavy (non-hydrogen) atoms. The van der Waals surface area contributed by atoms with E-state index >= 15 is 0 Å². The Hall–Kier alpha value is -0.120. The smallest absolute Gasteiger partial charge is 0.0829 e. The Bertz CT molecular complexity index is 76.8. The highest BCUT2D eigenvalue weighted by molar-refractivity contribution is 4.84. The molecule has 1 aliphatic heterocycles. The monoisotopic (exact) mass is 116 g/mol. The topological polar surface area (TPSA) is 44.3 Å². The van der Waals surface area contributed by atoms with Gasteiger partial charge in [0, 0.05) is 19.1 Å². The van der Waals surface area contributed by atoms with Gasteiger partial charge in [-0.3, -0.25) is 0 Å². The summed E-state index contributed by atoms with van der Waals surface area (Å²) in [5.41, 5.74) is 0. The van der Waals surface area contributed by atoms with Crippen molar-refractivity contribution in [3.8, 4) is 0 Å². The van der Waals surface area contributed by atoms with Crippen LogP contribution in [0.1, 0.15) is 0 Å². The Labute approximate surface area is 49.1 Å². The summed E-state index contributed by atoms with van der Waals surface area (Å²) in [5, 5.41) is 15.1. The maximum atomic E-state index is 9.06. The van der Waals surface area contributed by atoms with Crippen LogP contribution in [0.5, 0.6) is 0 Å². The zero-order valence-electron chi connectivity index (χ0n) is 5.02. The van der Waals surface area contributed by atoms with Crippen LogP contribution in [-0.2, 0) is 0 Å². The molecule has 48 valence electrons. The molecule has 3 N–H and O–H groups in total. The first kappa shape index (κ1) is 6.01. The molecular formula is C5H12N2O. The standard InChI is InChI=1S/C5H12N2O/c1-6-4-2-7-3-5(4)8/h4-8H,2-3H2,1H3. The molecule has 0 bridgehead atoms. The van der Waals surface area contributed by atoms with Crippen LogP contribution in [0.2, 0.25) is 0 Å². The number of hydrogen-bond acceptors (Lipinski definition) is 3. The van der Waals surface area contributed by atoms with Crippen molar-refractivity contribution in [3.05, 3.63) is 0 Å². The van der Waals surface area contributed by atoms with E-state index in [0.717, 1.165) is 13.1 Å². The summed E-state index contributed by atoms with van der Waals surface area (Å²) in [4.78, 5) is 0. The molecule has 0 saturated carbocycles. The van der Waals surface area contributed by atoms with Crippen molar-refractivity contribution in [2.75, 3.05) is 20.1 Å². The Morgan fingerprint density at radius 1 is 1.62 bits per heavy atom. The van der Waals surface area contributed by atoms with Crippen molar-refractivity contribution < 1.29 is 5.11 Å². The lowest BCUT2D eigenvalue weighted by Crippen LogP contribution is -2.36. The Balaban J connectivity index is 2.30. The molecule has 3 heteroatoms. The number of nitrogens with one attached hydrogen (secondary N) is 2. The molecular weight excluding hydrogens is 104 g/mol. The summed E-state index contributed by atoms with van der Waals surface area (Å²) < 4.78 is 0. The maximum Gasteiger partial charge on any atom is 0.0829 e. The molecule has 1 heterocycles. The summed E-state index contributed by atoms with van der Waals surface area (Å²) >= 11 is 0. The average molecular weight is 116 g/mol. The minimum absolute atomic E-state index is 0.194. The highest BCUT2D eigenvalue weighted by atomic mass is 16.3. The predicted molar refractivity (Wildman–Crippen MR) is 31.7 cm³/mol. The van der Waals surface area contributed by atoms with Crippen LogP contribution in [0, 0.1) is 0 Å². The minimum atomic E-state index is -0.194. The van der Waals surface area contributed by atoms with Gasteiger partial charge in [0.1, 0.15) is 0 Å². The van der Waals surface area contributed by atoms with Crippen molar-refractivity contribution in [2.24, 2.45) is 0 Å². The lowest BCUT2D eigenvalue weighted by molar-refractivity contribution is 0.167. The van der Waals surface area contributed by atoms with Crippen molar-refractivity contribution in [2.45, 2.75) is 12.1 Å². The van der Waals surface area contributed by atoms with Gasteiger partial charge in [0.25, 0.3) is 0 Å². The summed E-state index contributed by atoms with van der Waals surface area (Å²) in [5.74, 6) is 0. The highest BCUT2D eigenvalue weighted by Crippen LogP contribution is 1.96. The Morgan fingerprint density at radius 3 is 2.62 bits per heavy atom. The third-order valence-electron chi connectivity index (χ3n) is 1.55. The van der Waals surface area contributed by atoms with Gasteiger partial charge in [-0.1, -0.05) is 0 Å². The third-order valence-corrected chi connectivity index (χ3v) is 1.55. The summed E-state index contributed by atoms with van der Waals surface area (Å²) in [6.45, 7) is 1.61. The number of hydrogen-bond donors (Lipinski definition) is 3. The molecule has 1 fully saturated rings. The minimum Gasteiger partial charge on any atom is -0.390 e. The second-order valence-electron chi connectivity index (χ2n) is 2.12. The molecule has 0 radical (unpaired) electrons. The van der Waals surface area contributed by atoms with Crippen LogP contribution < -0.4 is 10.6 Å². The Kier molecular flexibility index (Phi) is 1.83. The van der Waals surface area contributed by atoms with Gasteiger partial charge in [-0.25, -0.2) is 0 Å². The lowest BCUT2D eigenvalue weighted by atomic mass is 10.2. The normalized spacial score (nSPS) is 38.2. The van der Waals surface area contributed by atoms with E-state index in [4.69, 9.17) is 5.11 Å². The molecule has 0 aliphatic carbocycles. The number of likely N-dealkylation sites (N-methyl/N-ethyl adjacent to an activating group) is 1. The average Bonchev–Trinajstić information content (AvgIpc) is 2.14. The summed E-state index contributed by atoms with van der Waals surface area (Å²) in [6, 6.07) is 0.259. The molecule has 0 amide bonds. The van der Waals surface area contributed by atoms with E-state index in [9.17, 15) is 0 Å². The van der Waals surface area contributed by atoms with Gasteiger partial charge in [0.2, 0.25) is 0 Å². The van der Waals surface area contributed by atoms with E-state index in [1.54, 1.807) is 0 Å². The molecule has 1 rings (SSSR count). The fourth-order valence-corrected chi connectivity index (χ4v) is 0.959. The molecule has 0 spiro atoms. The molecule has 0 aromatic heterocycles. The van der Waals surface area contributed by atoms with Gasteiger partial charge < -0.3 is 15.7 Å². The zero-order chi connectivity index (χ0) is 5.98. The van der Waals surface area contributed by atoms with E-state index < -0.39 is 0 Å². The van der Waals surface area contributed by atoms with Crippen molar-refractivity contribution >= 4 is 0 Å². The molecule has 2 unspecified atom stereocenters. The van der Waals surface area contributed by atoms with Gasteiger partial charge in [-0.15, -0.1) is 0 Å². The van der Waals surface area contributed by atoms with Crippen molar-refractivity contribution in [1.29, 1.82) is 0 Å². The maximum absolute atomic E-state index is 9.06. The molecule has 0 aromatic rings. The highest BCUT2D eigenvalue weighted by Gasteiger charge is 2.22. The van der Waals surface area contributed by atoms with Gasteiger partial charge in [0.05, 0.1) is 6.10 Å². The lowest BCUT2D eigenvalue weighted by Gasteiger charge is -2.09. The van der Waals surface area contributed by atoms with Crippen molar-refractivity contribution in [1.82, 2.24) is 10.6 Å². The van der Waals surface area contributed by atoms with E-state index in [1.165, 1.54) is 0 Å². The van der Waals surface area contributed by atoms with Crippen LogP contribution in [0.15, 0.2) is 0 Å². The second-order valence-corrected chi connectivity index (χ2v) is 2.12. The van der Waals surface area contributed by atoms with E-state index in [2.05, 4.69) is 10.6 Å². The second kappa shape index (κ2) is 2.44. The van der Waals surface area contributed by atoms with E-state index in [1.807, 2.05) is 7.05 Å². The number of rotatable bonds is 1. The fraction of sp³-hybridized carbons (Fsp3) is 1.00. The largest absolute Gasteiger partial charge is 0.390 e. The van der Waals surface area contributed by atoms with Crippen LogP contribution in [-0.4, -0.2) is 37.4 Å². The first-order chi connectivity index (χ1) is 3.84. The van der Waals surface area contributed by atoms with Gasteiger partial charge >= 0.3 is 0 Å². The fourth-order valence-electron chi connectivity index (χ4n) is 0.959. The number of aliphatic hydroxyl groups excluding tert-OH is 1. The summed E-state index contributed by atoms with van der Waals surface area (Å²) in [7, 11) is 1.86. The van der Waals surface area contributed by atoms with Crippen LogP contribution >= 0.6 is 0 Å². The van der Waals surface area contributed by atoms with Gasteiger partial charge in [-0.05, 0) is 7.05 Å². The molecule has 2 atom stereocenters. The van der Waals surface area contributed by atoms with Crippen LogP contribution in [0.25, 0.3) is 0 Å². The molecule has 1 aliphatic rings. The van der Waals surface area contributed by atoms with Gasteiger partial charge in [-0.2, -0.15) is 0 Å². The van der Waals surface area contributed by atoms with Crippen molar-refractivity contribution in [3.63, 3.8) is 0 Å². The number of aliphatic hydroxyl groups is 1. The third kappa shape index (κ3) is 0.992. The van der Waals surface area contributed by atoms with E-state index in [-0.39, 0.29) is 12.1 Å². The first-order valence-corrected chi connectivity index (χ1v) is 2.90. The van der Waals surface area contributed by atoms with Gasteiger partial charge in [0.15, 0.2) is 0 Å². The quantitative estimate of drug-likeness (QED) is 0.392. The Morgan fingerprint density at radius 2 is 2.38 bits per heavy atom. The zero-order valence-corrected chi connectivity index (χ0v) is 5.02. The molecule has 0 aromatic carbocycles. The number of β-amino-alcohol motifs (C(OH)–C–C–N with tert-alkyl or cyclic N) is 1. The predicted octanol–water partition coefficient (Wildman–Crippen LogP) is -1.46. The molecule has 3 nitrogen and oxygen atoms in total.